The van der Waals surface area contributed by atoms with Crippen LogP contribution in [-0.4, -0.2) is 34.2 Å². The van der Waals surface area contributed by atoms with Gasteiger partial charge in [0.15, 0.2) is 5.65 Å². The second-order valence-corrected chi connectivity index (χ2v) is 5.92. The smallest absolute Gasteiger partial charge is 0.220 e. The monoisotopic (exact) mass is 356 g/mol. The molecule has 2 heterocycles. The van der Waals surface area contributed by atoms with Crippen molar-refractivity contribution in [3.8, 4) is 0 Å². The van der Waals surface area contributed by atoms with E-state index in [4.69, 9.17) is 4.74 Å². The lowest BCUT2D eigenvalue weighted by molar-refractivity contribution is -0.121. The highest BCUT2D eigenvalue weighted by atomic mass is 19.1. The van der Waals surface area contributed by atoms with Crippen LogP contribution in [0.5, 0.6) is 0 Å². The summed E-state index contributed by atoms with van der Waals surface area (Å²) in [5.74, 6) is 0.448. The number of methoxy groups -OCH3 is 1. The molecule has 0 spiro atoms. The number of aryl methyl sites for hydroxylation is 1. The van der Waals surface area contributed by atoms with Crippen LogP contribution in [0.1, 0.15) is 17.8 Å². The summed E-state index contributed by atoms with van der Waals surface area (Å²) in [7, 11) is 1.65. The number of halogens is 1. The summed E-state index contributed by atoms with van der Waals surface area (Å²) >= 11 is 0. The van der Waals surface area contributed by atoms with Crippen LogP contribution < -0.4 is 5.32 Å². The molecular formula is C19H21FN4O2. The van der Waals surface area contributed by atoms with Crippen molar-refractivity contribution < 1.29 is 13.9 Å². The minimum absolute atomic E-state index is 0.0763. The zero-order valence-corrected chi connectivity index (χ0v) is 14.6. The Hall–Kier alpha value is -2.80. The Labute approximate surface area is 151 Å². The molecule has 0 radical (unpaired) electrons. The predicted molar refractivity (Wildman–Crippen MR) is 96.0 cm³/mol. The van der Waals surface area contributed by atoms with Crippen molar-refractivity contribution in [3.63, 3.8) is 0 Å². The van der Waals surface area contributed by atoms with Gasteiger partial charge in [0.2, 0.25) is 5.91 Å². The highest BCUT2D eigenvalue weighted by molar-refractivity contribution is 5.76. The first kappa shape index (κ1) is 18.0. The second-order valence-electron chi connectivity index (χ2n) is 5.92. The number of aromatic nitrogens is 3. The normalized spacial score (nSPS) is 11.0. The van der Waals surface area contributed by atoms with Crippen molar-refractivity contribution in [1.29, 1.82) is 0 Å². The first-order valence-electron chi connectivity index (χ1n) is 8.47. The number of imidazole rings is 1. The summed E-state index contributed by atoms with van der Waals surface area (Å²) in [4.78, 5) is 21.1. The molecule has 2 aromatic heterocycles. The summed E-state index contributed by atoms with van der Waals surface area (Å²) in [6.07, 6.45) is 2.55. The Kier molecular flexibility index (Phi) is 5.91. The number of benzene rings is 1. The number of fused-ring (bicyclic) bond motifs is 1. The van der Waals surface area contributed by atoms with E-state index < -0.39 is 0 Å². The molecule has 0 bridgehead atoms. The number of amides is 1. The molecular weight excluding hydrogens is 335 g/mol. The lowest BCUT2D eigenvalue weighted by Gasteiger charge is -2.08. The maximum absolute atomic E-state index is 12.9. The molecule has 1 N–H and O–H groups in total. The summed E-state index contributed by atoms with van der Waals surface area (Å²) in [5, 5.41) is 2.85. The molecule has 0 aliphatic heterocycles. The quantitative estimate of drug-likeness (QED) is 0.673. The number of nitrogens with one attached hydrogen (secondary N) is 1. The highest BCUT2D eigenvalue weighted by Gasteiger charge is 2.13. The molecule has 0 saturated heterocycles. The van der Waals surface area contributed by atoms with Crippen LogP contribution in [0.3, 0.4) is 0 Å². The number of nitrogens with zero attached hydrogens (tertiary/aromatic N) is 3. The minimum Gasteiger partial charge on any atom is -0.383 e. The van der Waals surface area contributed by atoms with Crippen LogP contribution in [0.2, 0.25) is 0 Å². The van der Waals surface area contributed by atoms with Crippen LogP contribution in [0.4, 0.5) is 4.39 Å². The van der Waals surface area contributed by atoms with E-state index in [1.165, 1.54) is 12.1 Å². The molecule has 6 nitrogen and oxygen atoms in total. The van der Waals surface area contributed by atoms with E-state index >= 15 is 0 Å². The number of carbonyl (C=O) groups is 1. The van der Waals surface area contributed by atoms with E-state index in [-0.39, 0.29) is 11.7 Å². The highest BCUT2D eigenvalue weighted by Crippen LogP contribution is 2.15. The number of pyridine rings is 1. The van der Waals surface area contributed by atoms with Gasteiger partial charge >= 0.3 is 0 Å². The van der Waals surface area contributed by atoms with Crippen molar-refractivity contribution in [2.24, 2.45) is 0 Å². The van der Waals surface area contributed by atoms with Crippen molar-refractivity contribution in [3.05, 3.63) is 59.8 Å². The number of ether oxygens (including phenoxy) is 1. The van der Waals surface area contributed by atoms with Gasteiger partial charge < -0.3 is 14.6 Å². The molecule has 3 aromatic rings. The molecule has 26 heavy (non-hydrogen) atoms. The van der Waals surface area contributed by atoms with Gasteiger partial charge in [-0.1, -0.05) is 12.1 Å². The van der Waals surface area contributed by atoms with E-state index in [9.17, 15) is 9.18 Å². The molecule has 0 saturated carbocycles. The standard InChI is InChI=1S/C19H21FN4O2/c1-26-12-11-24-17(23-16-3-2-10-21-19(16)24)8-9-18(25)22-13-14-4-6-15(20)7-5-14/h2-7,10H,8-9,11-13H2,1H3,(H,22,25). The van der Waals surface area contributed by atoms with Crippen molar-refractivity contribution in [2.45, 2.75) is 25.9 Å². The van der Waals surface area contributed by atoms with Gasteiger partial charge in [0.25, 0.3) is 0 Å². The fourth-order valence-electron chi connectivity index (χ4n) is 2.73. The second kappa shape index (κ2) is 8.53. The lowest BCUT2D eigenvalue weighted by atomic mass is 10.2. The first-order valence-corrected chi connectivity index (χ1v) is 8.47. The lowest BCUT2D eigenvalue weighted by Crippen LogP contribution is -2.23. The fourth-order valence-corrected chi connectivity index (χ4v) is 2.73. The molecule has 0 aliphatic carbocycles. The SMILES string of the molecule is COCCn1c(CCC(=O)NCc2ccc(F)cc2)nc2cccnc21. The molecule has 7 heteroatoms. The van der Waals surface area contributed by atoms with E-state index in [1.807, 2.05) is 16.7 Å². The first-order chi connectivity index (χ1) is 12.7. The molecule has 1 aromatic carbocycles. The molecule has 0 fully saturated rings. The molecule has 136 valence electrons. The third-order valence-corrected chi connectivity index (χ3v) is 4.08. The molecule has 0 atom stereocenters. The van der Waals surface area contributed by atoms with Crippen molar-refractivity contribution in [1.82, 2.24) is 19.9 Å². The zero-order chi connectivity index (χ0) is 18.4. The largest absolute Gasteiger partial charge is 0.383 e. The Morgan fingerprint density at radius 3 is 2.85 bits per heavy atom. The number of rotatable bonds is 8. The summed E-state index contributed by atoms with van der Waals surface area (Å²) in [6.45, 7) is 1.56. The predicted octanol–water partition coefficient (Wildman–Crippen LogP) is 2.47. The van der Waals surface area contributed by atoms with Gasteiger partial charge in [-0.15, -0.1) is 0 Å². The van der Waals surface area contributed by atoms with Gasteiger partial charge in [0.1, 0.15) is 17.2 Å². The van der Waals surface area contributed by atoms with E-state index in [0.29, 0.717) is 32.5 Å². The summed E-state index contributed by atoms with van der Waals surface area (Å²) in [6, 6.07) is 9.83. The third-order valence-electron chi connectivity index (χ3n) is 4.08. The maximum atomic E-state index is 12.9. The summed E-state index contributed by atoms with van der Waals surface area (Å²) in [5.41, 5.74) is 2.47. The maximum Gasteiger partial charge on any atom is 0.220 e. The molecule has 0 aliphatic rings. The topological polar surface area (TPSA) is 69.0 Å². The Morgan fingerprint density at radius 2 is 2.08 bits per heavy atom. The minimum atomic E-state index is -0.288. The van der Waals surface area contributed by atoms with Gasteiger partial charge in [0.05, 0.1) is 6.61 Å². The van der Waals surface area contributed by atoms with Gasteiger partial charge in [-0.05, 0) is 29.8 Å². The fraction of sp³-hybridized carbons (Fsp3) is 0.316. The van der Waals surface area contributed by atoms with Crippen LogP contribution >= 0.6 is 0 Å². The van der Waals surface area contributed by atoms with Gasteiger partial charge in [-0.25, -0.2) is 14.4 Å². The van der Waals surface area contributed by atoms with E-state index in [0.717, 1.165) is 22.6 Å². The number of carbonyl (C=O) groups excluding carboxylic acids is 1. The van der Waals surface area contributed by atoms with Crippen molar-refractivity contribution >= 4 is 17.1 Å². The van der Waals surface area contributed by atoms with Gasteiger partial charge in [-0.3, -0.25) is 4.79 Å². The zero-order valence-electron chi connectivity index (χ0n) is 14.6. The Morgan fingerprint density at radius 1 is 1.27 bits per heavy atom. The van der Waals surface area contributed by atoms with Crippen LogP contribution in [0, 0.1) is 5.82 Å². The molecule has 0 unspecified atom stereocenters. The average Bonchev–Trinajstić information content (AvgIpc) is 3.01. The number of hydrogen-bond acceptors (Lipinski definition) is 4. The Balaban J connectivity index is 1.61. The van der Waals surface area contributed by atoms with E-state index in [1.54, 1.807) is 25.4 Å². The van der Waals surface area contributed by atoms with Crippen LogP contribution in [0.25, 0.3) is 11.2 Å². The third kappa shape index (κ3) is 4.43. The van der Waals surface area contributed by atoms with Crippen LogP contribution in [0.15, 0.2) is 42.6 Å². The summed E-state index contributed by atoms with van der Waals surface area (Å²) < 4.78 is 20.0. The Bertz CT molecular complexity index is 877. The number of hydrogen-bond donors (Lipinski definition) is 1. The van der Waals surface area contributed by atoms with Crippen LogP contribution in [-0.2, 0) is 29.0 Å². The molecule has 1 amide bonds. The van der Waals surface area contributed by atoms with Gasteiger partial charge in [-0.2, -0.15) is 0 Å². The molecule has 3 rings (SSSR count). The van der Waals surface area contributed by atoms with E-state index in [2.05, 4.69) is 15.3 Å². The average molecular weight is 356 g/mol. The van der Waals surface area contributed by atoms with Crippen molar-refractivity contribution in [2.75, 3.05) is 13.7 Å². The van der Waals surface area contributed by atoms with Gasteiger partial charge in [0, 0.05) is 39.2 Å².